The summed E-state index contributed by atoms with van der Waals surface area (Å²) in [6.45, 7) is 2.65. The molecule has 3 aromatic carbocycles. The molecule has 0 bridgehead atoms. The molecule has 158 valence electrons. The zero-order valence-corrected chi connectivity index (χ0v) is 20.4. The first-order valence-electron chi connectivity index (χ1n) is 9.52. The first-order chi connectivity index (χ1) is 15.0. The first-order valence-corrected chi connectivity index (χ1v) is 11.9. The van der Waals surface area contributed by atoms with Crippen LogP contribution in [-0.2, 0) is 6.61 Å². The fourth-order valence-corrected chi connectivity index (χ4v) is 5.24. The molecule has 0 spiro atoms. The molecule has 0 saturated carbocycles. The maximum Gasteiger partial charge on any atom is 0.200 e. The number of Topliss-reactive ketones (excluding diaryl/α,β-unsaturated/α-hetero) is 1. The highest BCUT2D eigenvalue weighted by molar-refractivity contribution is 9.10. The highest BCUT2D eigenvalue weighted by Gasteiger charge is 2.25. The van der Waals surface area contributed by atoms with Crippen molar-refractivity contribution in [3.63, 3.8) is 0 Å². The van der Waals surface area contributed by atoms with Crippen LogP contribution >= 0.6 is 50.9 Å². The average Bonchev–Trinajstić information content (AvgIpc) is 3.04. The zero-order valence-electron chi connectivity index (χ0n) is 16.5. The van der Waals surface area contributed by atoms with Gasteiger partial charge in [0, 0.05) is 26.1 Å². The predicted octanol–water partition coefficient (Wildman–Crippen LogP) is 8.06. The molecule has 0 atom stereocenters. The number of ketones is 1. The SMILES string of the molecule is CCOc1cc(/C=C2\Sc3ccccc3C2=O)cc(Br)c1OCc1ccc(Cl)cc1Cl. The van der Waals surface area contributed by atoms with Crippen LogP contribution in [0.4, 0.5) is 0 Å². The van der Waals surface area contributed by atoms with Gasteiger partial charge in [0.25, 0.3) is 0 Å². The van der Waals surface area contributed by atoms with E-state index in [-0.39, 0.29) is 12.4 Å². The first kappa shape index (κ1) is 22.3. The summed E-state index contributed by atoms with van der Waals surface area (Å²) in [4.78, 5) is 14.4. The van der Waals surface area contributed by atoms with Crippen LogP contribution < -0.4 is 9.47 Å². The Morgan fingerprint density at radius 2 is 1.87 bits per heavy atom. The Morgan fingerprint density at radius 3 is 2.61 bits per heavy atom. The maximum absolute atomic E-state index is 12.7. The van der Waals surface area contributed by atoms with Crippen LogP contribution in [0.1, 0.15) is 28.4 Å². The lowest BCUT2D eigenvalue weighted by Crippen LogP contribution is -2.01. The number of halogens is 3. The van der Waals surface area contributed by atoms with Gasteiger partial charge in [-0.25, -0.2) is 0 Å². The topological polar surface area (TPSA) is 35.5 Å². The van der Waals surface area contributed by atoms with Crippen molar-refractivity contribution in [3.05, 3.63) is 90.7 Å². The molecule has 0 amide bonds. The Morgan fingerprint density at radius 1 is 1.06 bits per heavy atom. The number of fused-ring (bicyclic) bond motifs is 1. The monoisotopic (exact) mass is 534 g/mol. The highest BCUT2D eigenvalue weighted by atomic mass is 79.9. The third-order valence-electron chi connectivity index (χ3n) is 4.59. The van der Waals surface area contributed by atoms with Crippen LogP contribution in [0, 0.1) is 0 Å². The molecule has 0 N–H and O–H groups in total. The smallest absolute Gasteiger partial charge is 0.200 e. The molecule has 0 unspecified atom stereocenters. The van der Waals surface area contributed by atoms with E-state index >= 15 is 0 Å². The third-order valence-corrected chi connectivity index (χ3v) is 6.87. The van der Waals surface area contributed by atoms with Gasteiger partial charge in [0.1, 0.15) is 6.61 Å². The van der Waals surface area contributed by atoms with Crippen molar-refractivity contribution < 1.29 is 14.3 Å². The van der Waals surface area contributed by atoms with Crippen molar-refractivity contribution >= 4 is 62.8 Å². The molecule has 0 aliphatic carbocycles. The summed E-state index contributed by atoms with van der Waals surface area (Å²) in [7, 11) is 0. The minimum atomic E-state index is 0.0346. The Bertz CT molecular complexity index is 1190. The number of rotatable bonds is 6. The third kappa shape index (κ3) is 4.96. The number of hydrogen-bond donors (Lipinski definition) is 0. The molecule has 3 aromatic rings. The van der Waals surface area contributed by atoms with E-state index in [1.807, 2.05) is 55.5 Å². The molecular weight excluding hydrogens is 519 g/mol. The largest absolute Gasteiger partial charge is 0.490 e. The molecule has 0 radical (unpaired) electrons. The quantitative estimate of drug-likeness (QED) is 0.299. The summed E-state index contributed by atoms with van der Waals surface area (Å²) in [5.41, 5.74) is 2.40. The van der Waals surface area contributed by atoms with Gasteiger partial charge in [-0.05, 0) is 70.9 Å². The molecule has 0 aromatic heterocycles. The van der Waals surface area contributed by atoms with Crippen LogP contribution in [0.3, 0.4) is 0 Å². The molecule has 1 aliphatic rings. The summed E-state index contributed by atoms with van der Waals surface area (Å²) < 4.78 is 12.6. The number of allylic oxidation sites excluding steroid dienone is 1. The number of ether oxygens (including phenoxy) is 2. The van der Waals surface area contributed by atoms with E-state index in [1.165, 1.54) is 11.8 Å². The van der Waals surface area contributed by atoms with Crippen molar-refractivity contribution in [3.8, 4) is 11.5 Å². The Hall–Kier alpha value is -1.92. The summed E-state index contributed by atoms with van der Waals surface area (Å²) in [6, 6.07) is 16.7. The second kappa shape index (κ2) is 9.70. The van der Waals surface area contributed by atoms with Crippen molar-refractivity contribution in [1.29, 1.82) is 0 Å². The number of carbonyl (C=O) groups excluding carboxylic acids is 1. The molecule has 3 nitrogen and oxygen atoms in total. The Kier molecular flexibility index (Phi) is 6.97. The number of hydrogen-bond acceptors (Lipinski definition) is 4. The predicted molar refractivity (Wildman–Crippen MR) is 131 cm³/mol. The molecular formula is C24H17BrCl2O3S. The fourth-order valence-electron chi connectivity index (χ4n) is 3.15. The van der Waals surface area contributed by atoms with E-state index in [2.05, 4.69) is 15.9 Å². The second-order valence-electron chi connectivity index (χ2n) is 6.72. The normalized spacial score (nSPS) is 14.1. The molecule has 1 aliphatic heterocycles. The van der Waals surface area contributed by atoms with Gasteiger partial charge in [-0.2, -0.15) is 0 Å². The van der Waals surface area contributed by atoms with Crippen LogP contribution in [0.15, 0.2) is 68.9 Å². The minimum absolute atomic E-state index is 0.0346. The van der Waals surface area contributed by atoms with Gasteiger partial charge < -0.3 is 9.47 Å². The van der Waals surface area contributed by atoms with E-state index in [4.69, 9.17) is 32.7 Å². The van der Waals surface area contributed by atoms with Crippen molar-refractivity contribution in [2.75, 3.05) is 6.61 Å². The number of thioether (sulfide) groups is 1. The Labute approximate surface area is 203 Å². The highest BCUT2D eigenvalue weighted by Crippen LogP contribution is 2.43. The molecule has 4 rings (SSSR count). The maximum atomic E-state index is 12.7. The van der Waals surface area contributed by atoms with Gasteiger partial charge in [0.2, 0.25) is 5.78 Å². The minimum Gasteiger partial charge on any atom is -0.490 e. The van der Waals surface area contributed by atoms with Gasteiger partial charge in [0.05, 0.1) is 16.0 Å². The van der Waals surface area contributed by atoms with Crippen LogP contribution in [0.25, 0.3) is 6.08 Å². The van der Waals surface area contributed by atoms with Gasteiger partial charge in [-0.1, -0.05) is 53.2 Å². The van der Waals surface area contributed by atoms with E-state index in [1.54, 1.807) is 12.1 Å². The lowest BCUT2D eigenvalue weighted by Gasteiger charge is -2.15. The van der Waals surface area contributed by atoms with Gasteiger partial charge in [-0.15, -0.1) is 0 Å². The molecule has 0 fully saturated rings. The van der Waals surface area contributed by atoms with Crippen molar-refractivity contribution in [2.45, 2.75) is 18.4 Å². The van der Waals surface area contributed by atoms with E-state index < -0.39 is 0 Å². The molecule has 31 heavy (non-hydrogen) atoms. The van der Waals surface area contributed by atoms with Crippen LogP contribution in [0.2, 0.25) is 10.0 Å². The van der Waals surface area contributed by atoms with E-state index in [0.717, 1.165) is 26.1 Å². The number of benzene rings is 3. The Balaban J connectivity index is 1.61. The zero-order chi connectivity index (χ0) is 22.0. The summed E-state index contributed by atoms with van der Waals surface area (Å²) in [6.07, 6.45) is 1.88. The van der Waals surface area contributed by atoms with Crippen molar-refractivity contribution in [1.82, 2.24) is 0 Å². The molecule has 7 heteroatoms. The average molecular weight is 536 g/mol. The summed E-state index contributed by atoms with van der Waals surface area (Å²) in [5, 5.41) is 1.11. The fraction of sp³-hybridized carbons (Fsp3) is 0.125. The van der Waals surface area contributed by atoms with Gasteiger partial charge in [0.15, 0.2) is 11.5 Å². The molecule has 1 heterocycles. The number of carbonyl (C=O) groups is 1. The standard InChI is InChI=1S/C24H17BrCl2O3S/c1-2-29-20-10-14(11-22-23(28)17-5-3-4-6-21(17)31-22)9-18(25)24(20)30-13-15-7-8-16(26)12-19(15)27/h3-12H,2,13H2,1H3/b22-11-. The van der Waals surface area contributed by atoms with Crippen LogP contribution in [-0.4, -0.2) is 12.4 Å². The summed E-state index contributed by atoms with van der Waals surface area (Å²) in [5.74, 6) is 1.19. The lowest BCUT2D eigenvalue weighted by atomic mass is 10.1. The summed E-state index contributed by atoms with van der Waals surface area (Å²) >= 11 is 17.3. The van der Waals surface area contributed by atoms with E-state index in [9.17, 15) is 4.79 Å². The van der Waals surface area contributed by atoms with Gasteiger partial charge in [-0.3, -0.25) is 4.79 Å². The lowest BCUT2D eigenvalue weighted by molar-refractivity contribution is 0.104. The van der Waals surface area contributed by atoms with Crippen LogP contribution in [0.5, 0.6) is 11.5 Å². The molecule has 0 saturated heterocycles. The van der Waals surface area contributed by atoms with Crippen molar-refractivity contribution in [2.24, 2.45) is 0 Å². The van der Waals surface area contributed by atoms with E-state index in [0.29, 0.717) is 33.1 Å². The van der Waals surface area contributed by atoms with Gasteiger partial charge >= 0.3 is 0 Å². The second-order valence-corrected chi connectivity index (χ2v) is 9.51.